The van der Waals surface area contributed by atoms with E-state index in [1.165, 1.54) is 34.8 Å². The van der Waals surface area contributed by atoms with Crippen molar-refractivity contribution in [2.24, 2.45) is 35.5 Å². The Morgan fingerprint density at radius 1 is 0.348 bits per heavy atom. The van der Waals surface area contributed by atoms with Gasteiger partial charge in [-0.2, -0.15) is 0 Å². The molecule has 3 aromatic rings. The van der Waals surface area contributed by atoms with E-state index in [1.54, 1.807) is 21.3 Å². The first-order valence-corrected chi connectivity index (χ1v) is 31.0. The fourth-order valence-electron chi connectivity index (χ4n) is 12.9. The first-order chi connectivity index (χ1) is 42.8. The average Bonchev–Trinajstić information content (AvgIpc) is 1.72. The van der Waals surface area contributed by atoms with Crippen LogP contribution >= 0.6 is 0 Å². The molecule has 0 radical (unpaired) electrons. The number of esters is 2. The molecule has 0 N–H and O–H groups in total. The predicted molar refractivity (Wildman–Crippen MR) is 318 cm³/mol. The second kappa shape index (κ2) is 33.2. The Balaban J connectivity index is 1.05. The zero-order valence-electron chi connectivity index (χ0n) is 53.8. The van der Waals surface area contributed by atoms with E-state index in [1.807, 2.05) is 133 Å². The van der Waals surface area contributed by atoms with Crippen molar-refractivity contribution in [3.63, 3.8) is 0 Å². The molecular weight excluding hydrogens is 1160 g/mol. The molecule has 0 aromatic heterocycles. The van der Waals surface area contributed by atoms with Gasteiger partial charge in [-0.3, -0.25) is 19.2 Å². The highest BCUT2D eigenvalue weighted by molar-refractivity contribution is 5.81. The molecule has 494 valence electrons. The fraction of sp³-hybridized carbons (Fsp3) is 0.672. The van der Waals surface area contributed by atoms with Crippen molar-refractivity contribution in [2.45, 2.75) is 206 Å². The van der Waals surface area contributed by atoms with Crippen LogP contribution in [0.3, 0.4) is 0 Å². The summed E-state index contributed by atoms with van der Waals surface area (Å²) in [5.41, 5.74) is 2.79. The molecule has 3 aromatic carbocycles. The third-order valence-electron chi connectivity index (χ3n) is 18.1. The Labute approximate surface area is 523 Å². The summed E-state index contributed by atoms with van der Waals surface area (Å²) in [6.45, 7) is 17.6. The lowest BCUT2D eigenvalue weighted by Crippen LogP contribution is -2.65. The fourth-order valence-corrected chi connectivity index (χ4v) is 12.9. The van der Waals surface area contributed by atoms with Crippen molar-refractivity contribution in [1.29, 1.82) is 0 Å². The smallest absolute Gasteiger partial charge is 0.302 e. The molecular formula is C67H94O22. The Bertz CT molecular complexity index is 2650. The van der Waals surface area contributed by atoms with Gasteiger partial charge >= 0.3 is 11.9 Å². The first kappa shape index (κ1) is 70.2. The van der Waals surface area contributed by atoms with E-state index in [0.29, 0.717) is 6.61 Å². The molecule has 5 saturated heterocycles. The highest BCUT2D eigenvalue weighted by Gasteiger charge is 2.57. The van der Waals surface area contributed by atoms with Gasteiger partial charge in [0.25, 0.3) is 0 Å². The summed E-state index contributed by atoms with van der Waals surface area (Å²) in [7, 11) is 6.18. The zero-order valence-corrected chi connectivity index (χ0v) is 53.8. The molecule has 89 heavy (non-hydrogen) atoms. The number of benzene rings is 3. The maximum Gasteiger partial charge on any atom is 0.302 e. The summed E-state index contributed by atoms with van der Waals surface area (Å²) in [5.74, 6) is -4.15. The van der Waals surface area contributed by atoms with Gasteiger partial charge in [0.2, 0.25) is 0 Å². The SMILES string of the molecule is CO[C@H]1O[C@H](COCc2ccccc2)[C@@H](O[C@@H]2O[C@@H](C(C)=O)[C@@H](O[C@H]3O[C@H](COC(C)=O)[C@@H](O[C@@H]4O[C@H](C(C)=O)[C@@H](O[C@H]5O[C@H](COC(C)=O)[C@@H](C)[C@H](C)[C@H]5OC)[C@H](C)[C@H]4OC)[C@H](C)[C@H]3OCc3ccccc3)[C@H](C)[C@H]2OC)[C@H](C)[C@H]1OCc1ccccc1. The Kier molecular flexibility index (Phi) is 26.2. The van der Waals surface area contributed by atoms with Gasteiger partial charge in [0, 0.05) is 66.0 Å². The highest BCUT2D eigenvalue weighted by atomic mass is 16.8. The van der Waals surface area contributed by atoms with E-state index in [0.717, 1.165) is 16.7 Å². The van der Waals surface area contributed by atoms with E-state index in [9.17, 15) is 19.2 Å². The van der Waals surface area contributed by atoms with Crippen molar-refractivity contribution in [2.75, 3.05) is 48.3 Å². The van der Waals surface area contributed by atoms with Crippen LogP contribution in [-0.2, 0) is 124 Å². The molecule has 0 spiro atoms. The summed E-state index contributed by atoms with van der Waals surface area (Å²) in [6.07, 6.45) is -17.6. The highest BCUT2D eigenvalue weighted by Crippen LogP contribution is 2.43. The van der Waals surface area contributed by atoms with E-state index < -0.39 is 147 Å². The minimum Gasteiger partial charge on any atom is -0.463 e. The number of hydrogen-bond acceptors (Lipinski definition) is 22. The Hall–Kier alpha value is -4.70. The molecule has 5 aliphatic rings. The molecule has 8 rings (SSSR count). The number of Topliss-reactive ketones (excluding diaryl/α,β-unsaturated/α-hetero) is 2. The average molecular weight is 1250 g/mol. The molecule has 22 nitrogen and oxygen atoms in total. The van der Waals surface area contributed by atoms with Gasteiger partial charge in [-0.1, -0.05) is 133 Å². The minimum absolute atomic E-state index is 0.000501. The molecule has 22 heteroatoms. The van der Waals surface area contributed by atoms with Crippen molar-refractivity contribution in [1.82, 2.24) is 0 Å². The Morgan fingerprint density at radius 2 is 0.685 bits per heavy atom. The van der Waals surface area contributed by atoms with Crippen LogP contribution in [0, 0.1) is 35.5 Å². The number of ether oxygens (including phenoxy) is 18. The van der Waals surface area contributed by atoms with Crippen LogP contribution < -0.4 is 0 Å². The number of carbonyl (C=O) groups is 4. The topological polar surface area (TPSA) is 234 Å². The third kappa shape index (κ3) is 17.5. The maximum absolute atomic E-state index is 14.2. The Morgan fingerprint density at radius 3 is 1.10 bits per heavy atom. The molecule has 0 unspecified atom stereocenters. The van der Waals surface area contributed by atoms with Gasteiger partial charge in [0.15, 0.2) is 43.0 Å². The van der Waals surface area contributed by atoms with Gasteiger partial charge < -0.3 is 85.3 Å². The molecule has 5 fully saturated rings. The van der Waals surface area contributed by atoms with Crippen LogP contribution in [0.1, 0.15) is 85.9 Å². The number of carbonyl (C=O) groups excluding carboxylic acids is 4. The number of rotatable bonds is 28. The zero-order chi connectivity index (χ0) is 64.1. The summed E-state index contributed by atoms with van der Waals surface area (Å²) in [4.78, 5) is 52.5. The molecule has 25 atom stereocenters. The quantitative estimate of drug-likeness (QED) is 0.0646. The van der Waals surface area contributed by atoms with Crippen LogP contribution in [0.25, 0.3) is 0 Å². The van der Waals surface area contributed by atoms with Crippen LogP contribution in [0.5, 0.6) is 0 Å². The van der Waals surface area contributed by atoms with Crippen LogP contribution in [0.2, 0.25) is 0 Å². The van der Waals surface area contributed by atoms with Crippen LogP contribution in [-0.4, -0.2) is 189 Å². The summed E-state index contributed by atoms with van der Waals surface area (Å²) in [5, 5.41) is 0. The number of methoxy groups -OCH3 is 4. The molecule has 5 heterocycles. The largest absolute Gasteiger partial charge is 0.463 e. The van der Waals surface area contributed by atoms with Gasteiger partial charge in [-0.05, 0) is 42.4 Å². The molecule has 0 bridgehead atoms. The second-order valence-corrected chi connectivity index (χ2v) is 24.2. The van der Waals surface area contributed by atoms with E-state index in [4.69, 9.17) is 85.3 Å². The lowest BCUT2D eigenvalue weighted by atomic mass is 9.83. The van der Waals surface area contributed by atoms with Gasteiger partial charge in [0.1, 0.15) is 68.1 Å². The monoisotopic (exact) mass is 1250 g/mol. The molecule has 0 aliphatic carbocycles. The lowest BCUT2D eigenvalue weighted by molar-refractivity contribution is -0.380. The summed E-state index contributed by atoms with van der Waals surface area (Å²) < 4.78 is 116. The van der Waals surface area contributed by atoms with Gasteiger partial charge in [0.05, 0.1) is 56.9 Å². The lowest BCUT2D eigenvalue weighted by Gasteiger charge is -2.52. The normalized spacial score (nSPS) is 37.5. The van der Waals surface area contributed by atoms with Crippen molar-refractivity contribution in [3.05, 3.63) is 108 Å². The summed E-state index contributed by atoms with van der Waals surface area (Å²) in [6, 6.07) is 29.2. The van der Waals surface area contributed by atoms with Crippen LogP contribution in [0.15, 0.2) is 91.0 Å². The molecule has 0 amide bonds. The van der Waals surface area contributed by atoms with E-state index in [-0.39, 0.29) is 62.4 Å². The van der Waals surface area contributed by atoms with Crippen molar-refractivity contribution < 1.29 is 104 Å². The van der Waals surface area contributed by atoms with Gasteiger partial charge in [-0.25, -0.2) is 0 Å². The predicted octanol–water partition coefficient (Wildman–Crippen LogP) is 7.35. The summed E-state index contributed by atoms with van der Waals surface area (Å²) >= 11 is 0. The number of ketones is 2. The third-order valence-corrected chi connectivity index (χ3v) is 18.1. The van der Waals surface area contributed by atoms with E-state index >= 15 is 0 Å². The van der Waals surface area contributed by atoms with Crippen molar-refractivity contribution in [3.8, 4) is 0 Å². The van der Waals surface area contributed by atoms with Crippen LogP contribution in [0.4, 0.5) is 0 Å². The second-order valence-electron chi connectivity index (χ2n) is 24.2. The molecule has 0 saturated carbocycles. The number of hydrogen-bond donors (Lipinski definition) is 0. The first-order valence-electron chi connectivity index (χ1n) is 31.0. The standard InChI is InChI=1S/C67H94O22/c1-36-37(2)56(72-11)64(81-49(36)34-77-44(9)70)86-54-40(5)57(73-12)66(88-61(54)42(7)68)85-53-39(4)60(80-32-48-28-22-17-23-29-48)67(83-51(53)35-78-45(10)71)87-55-41(6)58(74-13)65(89-62(55)43(8)69)84-52-38(3)59(79-31-47-26-20-16-21-27-47)63(75-14)82-50(52)33-76-30-46-24-18-15-19-25-46/h15-29,36-41,49-67H,30-35H2,1-14H3/t36-,37-,38-,39-,40-,41-,49+,50+,51+,52-,53-,54-,55-,56+,57+,58+,59+,60+,61+,62-,63-,64+,65+,66+,67+/m0/s1. The molecule has 5 aliphatic heterocycles. The van der Waals surface area contributed by atoms with E-state index in [2.05, 4.69) is 0 Å². The maximum atomic E-state index is 14.2. The van der Waals surface area contributed by atoms with Crippen molar-refractivity contribution >= 4 is 23.5 Å². The minimum atomic E-state index is -1.25. The van der Waals surface area contributed by atoms with Gasteiger partial charge in [-0.15, -0.1) is 0 Å².